The number of carbonyl (C=O) groups is 2. The van der Waals surface area contributed by atoms with Gasteiger partial charge in [0.1, 0.15) is 30.0 Å². The van der Waals surface area contributed by atoms with Gasteiger partial charge in [-0.3, -0.25) is 4.79 Å². The van der Waals surface area contributed by atoms with Crippen LogP contribution in [0.15, 0.2) is 28.7 Å². The van der Waals surface area contributed by atoms with E-state index < -0.39 is 5.97 Å². The summed E-state index contributed by atoms with van der Waals surface area (Å²) in [6, 6.07) is 6.41. The molecule has 6 heteroatoms. The van der Waals surface area contributed by atoms with Crippen molar-refractivity contribution in [2.75, 3.05) is 14.2 Å². The number of aryl methyl sites for hydroxylation is 1. The van der Waals surface area contributed by atoms with Crippen LogP contribution in [0.3, 0.4) is 0 Å². The highest BCUT2D eigenvalue weighted by Crippen LogP contribution is 2.29. The Balaban J connectivity index is 2.16. The maximum atomic E-state index is 11.5. The van der Waals surface area contributed by atoms with Crippen molar-refractivity contribution in [1.82, 2.24) is 0 Å². The molecule has 1 heterocycles. The fourth-order valence-corrected chi connectivity index (χ4v) is 1.96. The largest absolute Gasteiger partial charge is 0.493 e. The van der Waals surface area contributed by atoms with Crippen LogP contribution in [-0.2, 0) is 11.3 Å². The fourth-order valence-electron chi connectivity index (χ4n) is 1.96. The second kappa shape index (κ2) is 6.80. The molecule has 0 atom stereocenters. The van der Waals surface area contributed by atoms with E-state index in [1.54, 1.807) is 31.2 Å². The molecule has 0 aliphatic rings. The lowest BCUT2D eigenvalue weighted by Crippen LogP contribution is -2.01. The van der Waals surface area contributed by atoms with Crippen molar-refractivity contribution in [3.05, 3.63) is 46.9 Å². The van der Waals surface area contributed by atoms with E-state index in [1.807, 2.05) is 0 Å². The van der Waals surface area contributed by atoms with Crippen LogP contribution in [0, 0.1) is 6.92 Å². The predicted octanol–water partition coefficient (Wildman–Crippen LogP) is 2.77. The molecular formula is C16H16O6. The maximum absolute atomic E-state index is 11.5. The van der Waals surface area contributed by atoms with Crippen LogP contribution in [-0.4, -0.2) is 26.5 Å². The molecule has 1 aromatic carbocycles. The van der Waals surface area contributed by atoms with E-state index in [2.05, 4.69) is 4.74 Å². The van der Waals surface area contributed by atoms with Crippen molar-refractivity contribution < 1.29 is 28.2 Å². The topological polar surface area (TPSA) is 75.0 Å². The molecule has 1 aromatic heterocycles. The summed E-state index contributed by atoms with van der Waals surface area (Å²) in [5.41, 5.74) is 0.830. The van der Waals surface area contributed by atoms with Crippen molar-refractivity contribution in [2.45, 2.75) is 13.5 Å². The van der Waals surface area contributed by atoms with Gasteiger partial charge in [-0.2, -0.15) is 0 Å². The van der Waals surface area contributed by atoms with Gasteiger partial charge in [0.05, 0.1) is 14.2 Å². The Hall–Kier alpha value is -2.76. The Labute approximate surface area is 127 Å². The van der Waals surface area contributed by atoms with Gasteiger partial charge in [0, 0.05) is 5.56 Å². The molecule has 0 spiro atoms. The van der Waals surface area contributed by atoms with Crippen LogP contribution in [0.25, 0.3) is 0 Å². The molecule has 0 saturated heterocycles. The number of hydrogen-bond acceptors (Lipinski definition) is 6. The van der Waals surface area contributed by atoms with E-state index in [0.29, 0.717) is 34.1 Å². The number of methoxy groups -OCH3 is 2. The Morgan fingerprint density at radius 2 is 2.00 bits per heavy atom. The first-order chi connectivity index (χ1) is 10.6. The lowest BCUT2D eigenvalue weighted by molar-refractivity contribution is 0.0598. The summed E-state index contributed by atoms with van der Waals surface area (Å²) in [6.07, 6.45) is 0.721. The summed E-state index contributed by atoms with van der Waals surface area (Å²) in [5.74, 6) is 1.38. The number of furan rings is 1. The Morgan fingerprint density at radius 3 is 2.64 bits per heavy atom. The molecule has 0 bridgehead atoms. The van der Waals surface area contributed by atoms with Crippen molar-refractivity contribution in [2.24, 2.45) is 0 Å². The van der Waals surface area contributed by atoms with E-state index in [-0.39, 0.29) is 6.61 Å². The molecule has 0 radical (unpaired) electrons. The minimum absolute atomic E-state index is 0.0938. The quantitative estimate of drug-likeness (QED) is 0.603. The van der Waals surface area contributed by atoms with Crippen molar-refractivity contribution >= 4 is 12.3 Å². The maximum Gasteiger partial charge on any atom is 0.341 e. The van der Waals surface area contributed by atoms with Gasteiger partial charge in [-0.05, 0) is 31.2 Å². The third-order valence-corrected chi connectivity index (χ3v) is 3.07. The molecule has 116 valence electrons. The number of esters is 1. The van der Waals surface area contributed by atoms with Gasteiger partial charge >= 0.3 is 5.97 Å². The van der Waals surface area contributed by atoms with Gasteiger partial charge in [-0.25, -0.2) is 4.79 Å². The first kappa shape index (κ1) is 15.6. The minimum Gasteiger partial charge on any atom is -0.493 e. The number of aldehydes is 1. The Morgan fingerprint density at radius 1 is 1.23 bits per heavy atom. The second-order valence-electron chi connectivity index (χ2n) is 4.49. The summed E-state index contributed by atoms with van der Waals surface area (Å²) < 4.78 is 20.9. The van der Waals surface area contributed by atoms with E-state index in [9.17, 15) is 9.59 Å². The third kappa shape index (κ3) is 3.28. The van der Waals surface area contributed by atoms with Crippen molar-refractivity contribution in [3.63, 3.8) is 0 Å². The molecule has 0 amide bonds. The first-order valence-electron chi connectivity index (χ1n) is 6.52. The molecular weight excluding hydrogens is 288 g/mol. The van der Waals surface area contributed by atoms with Gasteiger partial charge in [0.2, 0.25) is 0 Å². The van der Waals surface area contributed by atoms with Gasteiger partial charge in [-0.1, -0.05) is 0 Å². The molecule has 0 aliphatic carbocycles. The molecule has 6 nitrogen and oxygen atoms in total. The summed E-state index contributed by atoms with van der Waals surface area (Å²) in [5, 5.41) is 0. The summed E-state index contributed by atoms with van der Waals surface area (Å²) >= 11 is 0. The van der Waals surface area contributed by atoms with Gasteiger partial charge in [0.25, 0.3) is 0 Å². The van der Waals surface area contributed by atoms with Gasteiger partial charge in [0.15, 0.2) is 11.5 Å². The lowest BCUT2D eigenvalue weighted by atomic mass is 10.2. The average molecular weight is 304 g/mol. The zero-order chi connectivity index (χ0) is 16.1. The summed E-state index contributed by atoms with van der Waals surface area (Å²) in [4.78, 5) is 22.3. The third-order valence-electron chi connectivity index (χ3n) is 3.07. The van der Waals surface area contributed by atoms with Crippen LogP contribution in [0.4, 0.5) is 0 Å². The molecule has 0 fully saturated rings. The van der Waals surface area contributed by atoms with Gasteiger partial charge < -0.3 is 18.6 Å². The van der Waals surface area contributed by atoms with Crippen molar-refractivity contribution in [1.29, 1.82) is 0 Å². The molecule has 2 aromatic rings. The number of hydrogen-bond donors (Lipinski definition) is 0. The average Bonchev–Trinajstić information content (AvgIpc) is 2.92. The highest BCUT2D eigenvalue weighted by molar-refractivity contribution is 5.90. The van der Waals surface area contributed by atoms with Crippen LogP contribution in [0.1, 0.15) is 32.2 Å². The first-order valence-corrected chi connectivity index (χ1v) is 6.52. The number of rotatable bonds is 6. The fraction of sp³-hybridized carbons (Fsp3) is 0.250. The molecule has 0 N–H and O–H groups in total. The monoisotopic (exact) mass is 304 g/mol. The Bertz CT molecular complexity index is 686. The second-order valence-corrected chi connectivity index (χ2v) is 4.49. The van der Waals surface area contributed by atoms with Crippen LogP contribution < -0.4 is 9.47 Å². The molecule has 22 heavy (non-hydrogen) atoms. The molecule has 0 saturated carbocycles. The molecule has 0 unspecified atom stereocenters. The molecule has 0 aliphatic heterocycles. The standard InChI is InChI=1S/C16H16O6/c1-10-13(16(18)20-3)7-12(22-10)9-21-15-6-11(8-17)4-5-14(15)19-2/h4-8H,9H2,1-3H3. The highest BCUT2D eigenvalue weighted by atomic mass is 16.5. The van der Waals surface area contributed by atoms with E-state index in [1.165, 1.54) is 14.2 Å². The zero-order valence-corrected chi connectivity index (χ0v) is 12.5. The van der Waals surface area contributed by atoms with E-state index in [0.717, 1.165) is 6.29 Å². The van der Waals surface area contributed by atoms with Crippen LogP contribution in [0.5, 0.6) is 11.5 Å². The Kier molecular flexibility index (Phi) is 4.83. The van der Waals surface area contributed by atoms with Gasteiger partial charge in [-0.15, -0.1) is 0 Å². The van der Waals surface area contributed by atoms with Crippen LogP contribution >= 0.6 is 0 Å². The highest BCUT2D eigenvalue weighted by Gasteiger charge is 2.16. The zero-order valence-electron chi connectivity index (χ0n) is 12.5. The van der Waals surface area contributed by atoms with Crippen LogP contribution in [0.2, 0.25) is 0 Å². The summed E-state index contributed by atoms with van der Waals surface area (Å²) in [6.45, 7) is 1.76. The van der Waals surface area contributed by atoms with E-state index >= 15 is 0 Å². The summed E-state index contributed by atoms with van der Waals surface area (Å²) in [7, 11) is 2.82. The lowest BCUT2D eigenvalue weighted by Gasteiger charge is -2.09. The van der Waals surface area contributed by atoms with Crippen molar-refractivity contribution in [3.8, 4) is 11.5 Å². The smallest absolute Gasteiger partial charge is 0.341 e. The number of ether oxygens (including phenoxy) is 3. The number of carbonyl (C=O) groups excluding carboxylic acids is 2. The SMILES string of the molecule is COC(=O)c1cc(COc2cc(C=O)ccc2OC)oc1C. The number of benzene rings is 1. The normalized spacial score (nSPS) is 10.1. The minimum atomic E-state index is -0.465. The van der Waals surface area contributed by atoms with E-state index in [4.69, 9.17) is 13.9 Å². The molecule has 2 rings (SSSR count). The predicted molar refractivity (Wildman–Crippen MR) is 77.5 cm³/mol.